The molecule has 5 heteroatoms. The number of terminal acetylenes is 1. The molecule has 13 heavy (non-hydrogen) atoms. The van der Waals surface area contributed by atoms with Crippen molar-refractivity contribution in [2.24, 2.45) is 5.92 Å². The lowest BCUT2D eigenvalue weighted by atomic mass is 10.1. The van der Waals surface area contributed by atoms with Gasteiger partial charge in [0.2, 0.25) is 6.57 Å². The molecule has 1 heterocycles. The zero-order valence-electron chi connectivity index (χ0n) is 8.23. The van der Waals surface area contributed by atoms with Crippen molar-refractivity contribution >= 4 is 18.4 Å². The average molecular weight is 218 g/mol. The van der Waals surface area contributed by atoms with Crippen molar-refractivity contribution in [1.29, 1.82) is 0 Å². The lowest BCUT2D eigenvalue weighted by Gasteiger charge is -2.43. The maximum absolute atomic E-state index is 5.47. The number of hydrogen-bond donors (Lipinski definition) is 0. The van der Waals surface area contributed by atoms with E-state index >= 15 is 0 Å². The molecule has 0 aromatic rings. The van der Waals surface area contributed by atoms with E-state index in [0.29, 0.717) is 0 Å². The van der Waals surface area contributed by atoms with E-state index in [2.05, 4.69) is 15.3 Å². The molecule has 0 aliphatic carbocycles. The number of rotatable bonds is 1. The highest BCUT2D eigenvalue weighted by Gasteiger charge is 2.35. The second-order valence-corrected chi connectivity index (χ2v) is 7.36. The first kappa shape index (κ1) is 11.2. The third-order valence-corrected chi connectivity index (χ3v) is 6.95. The van der Waals surface area contributed by atoms with Crippen LogP contribution in [-0.4, -0.2) is 43.6 Å². The molecule has 1 aliphatic rings. The fourth-order valence-corrected chi connectivity index (χ4v) is 3.83. The summed E-state index contributed by atoms with van der Waals surface area (Å²) in [6.07, 6.45) is 5.39. The van der Waals surface area contributed by atoms with Crippen molar-refractivity contribution < 1.29 is 4.52 Å². The van der Waals surface area contributed by atoms with Crippen LogP contribution < -0.4 is 0 Å². The first-order chi connectivity index (χ1) is 6.04. The Morgan fingerprint density at radius 2 is 1.92 bits per heavy atom. The number of hydrogen-bond acceptors (Lipinski definition) is 2. The van der Waals surface area contributed by atoms with Gasteiger partial charge in [-0.15, -0.1) is 12.3 Å². The fourth-order valence-electron chi connectivity index (χ4n) is 1.55. The zero-order chi connectivity index (χ0) is 10.1. The van der Waals surface area contributed by atoms with Gasteiger partial charge in [-0.2, -0.15) is 0 Å². The molecular formula is C8H15N2OPS. The van der Waals surface area contributed by atoms with Crippen LogP contribution >= 0.6 is 6.57 Å². The molecule has 1 fully saturated rings. The molecule has 0 amide bonds. The van der Waals surface area contributed by atoms with Crippen molar-refractivity contribution in [2.75, 3.05) is 34.3 Å². The van der Waals surface area contributed by atoms with Gasteiger partial charge in [0, 0.05) is 26.1 Å². The molecule has 0 spiro atoms. The number of nitrogens with zero attached hydrogens (tertiary/aromatic N) is 2. The van der Waals surface area contributed by atoms with Gasteiger partial charge in [-0.1, -0.05) is 0 Å². The molecule has 0 aromatic carbocycles. The van der Waals surface area contributed by atoms with Gasteiger partial charge in [0.15, 0.2) is 0 Å². The summed E-state index contributed by atoms with van der Waals surface area (Å²) in [5.41, 5.74) is 0. The maximum atomic E-state index is 5.47. The van der Waals surface area contributed by atoms with Crippen LogP contribution in [0.5, 0.6) is 0 Å². The second kappa shape index (κ2) is 4.08. The first-order valence-corrected chi connectivity index (χ1v) is 6.72. The Kier molecular flexibility index (Phi) is 3.50. The summed E-state index contributed by atoms with van der Waals surface area (Å²) in [4.78, 5) is 0. The van der Waals surface area contributed by atoms with Crippen LogP contribution in [-0.2, 0) is 16.3 Å². The molecule has 74 valence electrons. The molecule has 1 saturated heterocycles. The van der Waals surface area contributed by atoms with Crippen molar-refractivity contribution in [2.45, 2.75) is 0 Å². The smallest absolute Gasteiger partial charge is 0.202 e. The lowest BCUT2D eigenvalue weighted by molar-refractivity contribution is 0.264. The Hall–Kier alpha value is 0.0900. The van der Waals surface area contributed by atoms with E-state index in [-0.39, 0.29) is 5.92 Å². The predicted molar refractivity (Wildman–Crippen MR) is 58.9 cm³/mol. The summed E-state index contributed by atoms with van der Waals surface area (Å²) in [7, 11) is 5.62. The molecule has 0 saturated carbocycles. The Morgan fingerprint density at radius 1 is 1.46 bits per heavy atom. The first-order valence-electron chi connectivity index (χ1n) is 4.09. The standard InChI is InChI=1S/C8H15N2OPS/c1-5-8-6-9(2)12(13,11-4)10(3)7-8/h1,8H,6-7H2,2-4H3. The van der Waals surface area contributed by atoms with Crippen LogP contribution in [0.2, 0.25) is 0 Å². The van der Waals surface area contributed by atoms with Gasteiger partial charge in [0.1, 0.15) is 0 Å². The van der Waals surface area contributed by atoms with Gasteiger partial charge in [-0.05, 0) is 25.9 Å². The van der Waals surface area contributed by atoms with Gasteiger partial charge in [-0.25, -0.2) is 9.34 Å². The van der Waals surface area contributed by atoms with E-state index in [1.807, 2.05) is 14.1 Å². The Balaban J connectivity index is 2.83. The molecule has 0 aromatic heterocycles. The molecule has 0 unspecified atom stereocenters. The summed E-state index contributed by atoms with van der Waals surface area (Å²) in [6.45, 7) is -0.244. The lowest BCUT2D eigenvalue weighted by Crippen LogP contribution is -2.41. The second-order valence-electron chi connectivity index (χ2n) is 3.22. The van der Waals surface area contributed by atoms with Crippen LogP contribution in [0.3, 0.4) is 0 Å². The third-order valence-electron chi connectivity index (χ3n) is 2.31. The fraction of sp³-hybridized carbons (Fsp3) is 0.750. The van der Waals surface area contributed by atoms with Gasteiger partial charge < -0.3 is 4.52 Å². The van der Waals surface area contributed by atoms with Crippen LogP contribution in [0, 0.1) is 18.3 Å². The topological polar surface area (TPSA) is 15.7 Å². The molecular weight excluding hydrogens is 203 g/mol. The van der Waals surface area contributed by atoms with E-state index < -0.39 is 6.57 Å². The largest absolute Gasteiger partial charge is 0.330 e. The molecule has 0 bridgehead atoms. The van der Waals surface area contributed by atoms with Gasteiger partial charge in [0.25, 0.3) is 0 Å². The van der Waals surface area contributed by atoms with Crippen molar-refractivity contribution in [3.63, 3.8) is 0 Å². The Morgan fingerprint density at radius 3 is 2.23 bits per heavy atom. The summed E-state index contributed by atoms with van der Waals surface area (Å²) in [6, 6.07) is 0. The van der Waals surface area contributed by atoms with E-state index in [9.17, 15) is 0 Å². The average Bonchev–Trinajstić information content (AvgIpc) is 2.13. The minimum absolute atomic E-state index is 0.265. The van der Waals surface area contributed by atoms with E-state index in [1.54, 1.807) is 7.11 Å². The van der Waals surface area contributed by atoms with Crippen LogP contribution in [0.15, 0.2) is 0 Å². The molecule has 1 rings (SSSR count). The van der Waals surface area contributed by atoms with E-state index in [0.717, 1.165) is 13.1 Å². The third kappa shape index (κ3) is 1.96. The van der Waals surface area contributed by atoms with Crippen molar-refractivity contribution in [1.82, 2.24) is 9.34 Å². The maximum Gasteiger partial charge on any atom is 0.202 e. The minimum Gasteiger partial charge on any atom is -0.330 e. The summed E-state index contributed by atoms with van der Waals surface area (Å²) < 4.78 is 9.54. The summed E-state index contributed by atoms with van der Waals surface area (Å²) >= 11 is 5.47. The molecule has 1 aliphatic heterocycles. The normalized spacial score (nSPS) is 37.2. The van der Waals surface area contributed by atoms with Crippen LogP contribution in [0.25, 0.3) is 0 Å². The quantitative estimate of drug-likeness (QED) is 0.481. The SMILES string of the molecule is C#CC1CN(C)P(=S)(OC)N(C)C1. The molecule has 0 atom stereocenters. The van der Waals surface area contributed by atoms with Crippen LogP contribution in [0.1, 0.15) is 0 Å². The van der Waals surface area contributed by atoms with Gasteiger partial charge in [0.05, 0.1) is 0 Å². The Labute approximate surface area is 85.2 Å². The predicted octanol–water partition coefficient (Wildman–Crippen LogP) is 0.984. The summed E-state index contributed by atoms with van der Waals surface area (Å²) in [5, 5.41) is 0. The minimum atomic E-state index is -1.92. The van der Waals surface area contributed by atoms with Gasteiger partial charge >= 0.3 is 0 Å². The highest BCUT2D eigenvalue weighted by Crippen LogP contribution is 2.54. The zero-order valence-corrected chi connectivity index (χ0v) is 9.94. The van der Waals surface area contributed by atoms with Crippen LogP contribution in [0.4, 0.5) is 0 Å². The van der Waals surface area contributed by atoms with E-state index in [4.69, 9.17) is 22.8 Å². The molecule has 0 radical (unpaired) electrons. The molecule has 0 N–H and O–H groups in total. The van der Waals surface area contributed by atoms with Gasteiger partial charge in [-0.3, -0.25) is 0 Å². The summed E-state index contributed by atoms with van der Waals surface area (Å²) in [5.74, 6) is 3.02. The van der Waals surface area contributed by atoms with E-state index in [1.165, 1.54) is 0 Å². The molecule has 3 nitrogen and oxygen atoms in total. The monoisotopic (exact) mass is 218 g/mol. The highest BCUT2D eigenvalue weighted by molar-refractivity contribution is 8.09. The van der Waals surface area contributed by atoms with Crippen molar-refractivity contribution in [3.8, 4) is 12.3 Å². The highest BCUT2D eigenvalue weighted by atomic mass is 32.5. The van der Waals surface area contributed by atoms with Crippen molar-refractivity contribution in [3.05, 3.63) is 0 Å². The Bertz CT molecular complexity index is 260.